The summed E-state index contributed by atoms with van der Waals surface area (Å²) in [6.45, 7) is 0.157. The summed E-state index contributed by atoms with van der Waals surface area (Å²) in [5.41, 5.74) is 14.1. The fourth-order valence-corrected chi connectivity index (χ4v) is 3.59. The van der Waals surface area contributed by atoms with E-state index < -0.39 is 11.9 Å². The van der Waals surface area contributed by atoms with Crippen LogP contribution >= 0.6 is 11.6 Å². The number of nitrogens with zero attached hydrogens (tertiary/aromatic N) is 4. The van der Waals surface area contributed by atoms with Crippen LogP contribution in [0.2, 0.25) is 5.02 Å². The van der Waals surface area contributed by atoms with E-state index in [4.69, 9.17) is 33.1 Å². The van der Waals surface area contributed by atoms with E-state index in [9.17, 15) is 9.65 Å². The number of halogens is 2. The lowest BCUT2D eigenvalue weighted by Gasteiger charge is -2.26. The molecule has 0 aliphatic carbocycles. The van der Waals surface area contributed by atoms with Crippen molar-refractivity contribution in [2.24, 2.45) is 4.99 Å². The molecule has 0 spiro atoms. The maximum atomic E-state index is 13.2. The number of pyridine rings is 1. The Kier molecular flexibility index (Phi) is 5.85. The van der Waals surface area contributed by atoms with E-state index in [0.717, 1.165) is 0 Å². The number of aliphatic imine (C=N–C) groups is 1. The van der Waals surface area contributed by atoms with Crippen molar-refractivity contribution in [1.82, 2.24) is 10.3 Å². The molecule has 0 amide bonds. The lowest BCUT2D eigenvalue weighted by Crippen LogP contribution is -2.32. The minimum Gasteiger partial charge on any atom is -0.489 e. The van der Waals surface area contributed by atoms with E-state index in [-0.39, 0.29) is 34.7 Å². The molecule has 1 aliphatic rings. The number of hydrogen-bond acceptors (Lipinski definition) is 9. The molecule has 4 rings (SSSR count). The zero-order valence-corrected chi connectivity index (χ0v) is 17.7. The molecule has 1 aromatic heterocycles. The SMILES string of the molecule is N#CNC1=NC(c2ccc(OCc3ccc(F)cc3Cl)cc2)c2c(nc(N)c(C#N)c2N)N1. The van der Waals surface area contributed by atoms with Crippen molar-refractivity contribution in [3.8, 4) is 18.0 Å². The molecule has 11 heteroatoms. The number of aromatic nitrogens is 1. The Hall–Kier alpha value is -4.54. The molecule has 0 radical (unpaired) electrons. The average Bonchev–Trinajstić information content (AvgIpc) is 2.79. The minimum absolute atomic E-state index is 0.0265. The number of rotatable bonds is 4. The van der Waals surface area contributed by atoms with Gasteiger partial charge in [0.1, 0.15) is 47.5 Å². The second-order valence-electron chi connectivity index (χ2n) is 7.00. The highest BCUT2D eigenvalue weighted by molar-refractivity contribution is 6.31. The zero-order valence-electron chi connectivity index (χ0n) is 16.9. The van der Waals surface area contributed by atoms with Crippen LogP contribution < -0.4 is 26.8 Å². The third-order valence-electron chi connectivity index (χ3n) is 4.96. The van der Waals surface area contributed by atoms with Gasteiger partial charge in [0.2, 0.25) is 5.96 Å². The van der Waals surface area contributed by atoms with E-state index in [1.54, 1.807) is 36.5 Å². The van der Waals surface area contributed by atoms with Crippen molar-refractivity contribution in [3.63, 3.8) is 0 Å². The number of nitrogen functional groups attached to an aromatic ring is 2. The summed E-state index contributed by atoms with van der Waals surface area (Å²) in [5, 5.41) is 24.0. The van der Waals surface area contributed by atoms with Gasteiger partial charge in [-0.15, -0.1) is 0 Å². The Labute approximate surface area is 193 Å². The van der Waals surface area contributed by atoms with Crippen LogP contribution in [-0.4, -0.2) is 10.9 Å². The summed E-state index contributed by atoms with van der Waals surface area (Å²) in [4.78, 5) is 8.72. The van der Waals surface area contributed by atoms with Gasteiger partial charge in [0.25, 0.3) is 0 Å². The highest BCUT2D eigenvalue weighted by atomic mass is 35.5. The standard InChI is InChI=1S/C22H16ClFN8O/c23-16-7-13(24)4-1-12(16)9-33-14-5-2-11(3-6-14)19-17-18(27)15(8-25)20(28)31-21(17)32-22(30-19)29-10-26/h1-7,19H,9H2,(H6,27,28,29,30,31,32). The van der Waals surface area contributed by atoms with Gasteiger partial charge in [-0.05, 0) is 29.8 Å². The lowest BCUT2D eigenvalue weighted by atomic mass is 9.95. The number of fused-ring (bicyclic) bond motifs is 1. The molecule has 0 saturated heterocycles. The molecular formula is C22H16ClFN8O. The molecule has 3 aromatic rings. The molecule has 0 fully saturated rings. The van der Waals surface area contributed by atoms with Gasteiger partial charge < -0.3 is 21.5 Å². The van der Waals surface area contributed by atoms with Gasteiger partial charge in [0.15, 0.2) is 6.19 Å². The normalized spacial score (nSPS) is 14.2. The van der Waals surface area contributed by atoms with E-state index in [1.807, 2.05) is 6.07 Å². The Bertz CT molecular complexity index is 1340. The fourth-order valence-electron chi connectivity index (χ4n) is 3.37. The predicted molar refractivity (Wildman–Crippen MR) is 122 cm³/mol. The summed E-state index contributed by atoms with van der Waals surface area (Å²) in [5.74, 6) is 0.566. The summed E-state index contributed by atoms with van der Waals surface area (Å²) in [6.07, 6.45) is 1.80. The lowest BCUT2D eigenvalue weighted by molar-refractivity contribution is 0.306. The molecule has 33 heavy (non-hydrogen) atoms. The summed E-state index contributed by atoms with van der Waals surface area (Å²) >= 11 is 6.04. The number of nitrogens with one attached hydrogen (secondary N) is 2. The fraction of sp³-hybridized carbons (Fsp3) is 0.0909. The van der Waals surface area contributed by atoms with Gasteiger partial charge in [-0.3, -0.25) is 5.32 Å². The number of anilines is 3. The van der Waals surface area contributed by atoms with Gasteiger partial charge in [-0.2, -0.15) is 10.5 Å². The molecule has 1 aliphatic heterocycles. The first kappa shape index (κ1) is 21.7. The Balaban J connectivity index is 1.64. The largest absolute Gasteiger partial charge is 0.489 e. The highest BCUT2D eigenvalue weighted by Gasteiger charge is 2.29. The monoisotopic (exact) mass is 462 g/mol. The third-order valence-corrected chi connectivity index (χ3v) is 5.31. The number of guanidine groups is 1. The van der Waals surface area contributed by atoms with Crippen molar-refractivity contribution in [2.75, 3.05) is 16.8 Å². The van der Waals surface area contributed by atoms with Crippen LogP contribution in [0, 0.1) is 28.6 Å². The zero-order chi connectivity index (χ0) is 23.5. The number of nitriles is 2. The Morgan fingerprint density at radius 3 is 2.61 bits per heavy atom. The van der Waals surface area contributed by atoms with Crippen LogP contribution in [0.4, 0.5) is 21.7 Å². The summed E-state index contributed by atoms with van der Waals surface area (Å²) < 4.78 is 19.0. The molecule has 1 atom stereocenters. The topological polar surface area (TPSA) is 158 Å². The van der Waals surface area contributed by atoms with Crippen LogP contribution in [0.5, 0.6) is 5.75 Å². The van der Waals surface area contributed by atoms with Crippen molar-refractivity contribution >= 4 is 34.9 Å². The molecular weight excluding hydrogens is 447 g/mol. The molecule has 6 N–H and O–H groups in total. The second-order valence-corrected chi connectivity index (χ2v) is 7.40. The van der Waals surface area contributed by atoms with Gasteiger partial charge in [-0.25, -0.2) is 14.4 Å². The predicted octanol–water partition coefficient (Wildman–Crippen LogP) is 3.43. The minimum atomic E-state index is -0.655. The maximum absolute atomic E-state index is 13.2. The van der Waals surface area contributed by atoms with Crippen molar-refractivity contribution in [2.45, 2.75) is 12.6 Å². The smallest absolute Gasteiger partial charge is 0.211 e. The van der Waals surface area contributed by atoms with Crippen molar-refractivity contribution in [3.05, 3.63) is 75.6 Å². The molecule has 0 saturated carbocycles. The molecule has 0 bridgehead atoms. The third kappa shape index (κ3) is 4.28. The average molecular weight is 463 g/mol. The number of ether oxygens (including phenoxy) is 1. The first-order valence-corrected chi connectivity index (χ1v) is 9.94. The van der Waals surface area contributed by atoms with Crippen LogP contribution in [0.1, 0.15) is 28.3 Å². The van der Waals surface area contributed by atoms with Crippen LogP contribution in [0.15, 0.2) is 47.5 Å². The first-order valence-electron chi connectivity index (χ1n) is 9.56. The molecule has 2 heterocycles. The molecule has 9 nitrogen and oxygen atoms in total. The van der Waals surface area contributed by atoms with Crippen molar-refractivity contribution in [1.29, 1.82) is 10.5 Å². The Morgan fingerprint density at radius 2 is 1.94 bits per heavy atom. The van der Waals surface area contributed by atoms with Crippen LogP contribution in [-0.2, 0) is 6.61 Å². The summed E-state index contributed by atoms with van der Waals surface area (Å²) in [6, 6.07) is 12.4. The van der Waals surface area contributed by atoms with Gasteiger partial charge in [0, 0.05) is 11.1 Å². The molecule has 164 valence electrons. The quantitative estimate of drug-likeness (QED) is 0.339. The van der Waals surface area contributed by atoms with E-state index in [2.05, 4.69) is 20.6 Å². The van der Waals surface area contributed by atoms with Gasteiger partial charge >= 0.3 is 0 Å². The highest BCUT2D eigenvalue weighted by Crippen LogP contribution is 2.40. The second kappa shape index (κ2) is 8.91. The van der Waals surface area contributed by atoms with E-state index in [0.29, 0.717) is 28.3 Å². The number of benzene rings is 2. The number of nitrogens with two attached hydrogens (primary N) is 2. The van der Waals surface area contributed by atoms with E-state index in [1.165, 1.54) is 12.1 Å². The van der Waals surface area contributed by atoms with Crippen LogP contribution in [0.3, 0.4) is 0 Å². The van der Waals surface area contributed by atoms with Crippen LogP contribution in [0.25, 0.3) is 0 Å². The summed E-state index contributed by atoms with van der Waals surface area (Å²) in [7, 11) is 0. The van der Waals surface area contributed by atoms with Gasteiger partial charge in [0.05, 0.1) is 10.7 Å². The molecule has 2 aromatic carbocycles. The number of hydrogen-bond donors (Lipinski definition) is 4. The van der Waals surface area contributed by atoms with Crippen molar-refractivity contribution < 1.29 is 9.13 Å². The Morgan fingerprint density at radius 1 is 1.18 bits per heavy atom. The van der Waals surface area contributed by atoms with E-state index >= 15 is 0 Å². The van der Waals surface area contributed by atoms with Gasteiger partial charge in [-0.1, -0.05) is 29.8 Å². The first-order chi connectivity index (χ1) is 15.9. The maximum Gasteiger partial charge on any atom is 0.211 e. The molecule has 1 unspecified atom stereocenters.